The maximum Gasteiger partial charge on any atom is 0.264 e. The maximum absolute atomic E-state index is 14.7. The summed E-state index contributed by atoms with van der Waals surface area (Å²) in [7, 11) is -4.14. The number of carbonyl (C=O) groups is 2. The number of halogens is 1. The number of aryl methyl sites for hydroxylation is 1. The lowest BCUT2D eigenvalue weighted by Gasteiger charge is -2.34. The first-order valence-electron chi connectivity index (χ1n) is 15.8. The Morgan fingerprint density at radius 1 is 0.848 bits per heavy atom. The number of rotatable bonds is 13. The van der Waals surface area contributed by atoms with E-state index in [0.29, 0.717) is 12.1 Å². The lowest BCUT2D eigenvalue weighted by Crippen LogP contribution is -2.54. The molecule has 5 rings (SSSR count). The molecule has 9 heteroatoms. The van der Waals surface area contributed by atoms with Gasteiger partial charge in [0.25, 0.3) is 10.0 Å². The lowest BCUT2D eigenvalue weighted by atomic mass is 10.0. The van der Waals surface area contributed by atoms with E-state index in [-0.39, 0.29) is 29.8 Å². The second kappa shape index (κ2) is 15.6. The molecule has 1 saturated carbocycles. The number of hydrogen-bond donors (Lipinski definition) is 1. The minimum Gasteiger partial charge on any atom is -0.352 e. The van der Waals surface area contributed by atoms with Crippen LogP contribution in [0.1, 0.15) is 49.3 Å². The monoisotopic (exact) mass is 701 g/mol. The molecule has 2 amide bonds. The van der Waals surface area contributed by atoms with Crippen LogP contribution in [0.25, 0.3) is 0 Å². The molecule has 46 heavy (non-hydrogen) atoms. The van der Waals surface area contributed by atoms with Gasteiger partial charge in [-0.1, -0.05) is 115 Å². The van der Waals surface area contributed by atoms with E-state index in [1.807, 2.05) is 73.7 Å². The third kappa shape index (κ3) is 8.25. The molecule has 0 aliphatic heterocycles. The highest BCUT2D eigenvalue weighted by Gasteiger charge is 2.36. The summed E-state index contributed by atoms with van der Waals surface area (Å²) in [6.07, 6.45) is 4.78. The molecule has 7 nitrogen and oxygen atoms in total. The minimum atomic E-state index is -4.14. The van der Waals surface area contributed by atoms with Crippen LogP contribution in [0.5, 0.6) is 0 Å². The molecule has 1 N–H and O–H groups in total. The fraction of sp³-hybridized carbons (Fsp3) is 0.297. The Hall–Kier alpha value is -3.95. The van der Waals surface area contributed by atoms with Crippen molar-refractivity contribution >= 4 is 43.5 Å². The second-order valence-corrected chi connectivity index (χ2v) is 14.4. The summed E-state index contributed by atoms with van der Waals surface area (Å²) < 4.78 is 30.6. The molecular formula is C37H40BrN3O4S. The van der Waals surface area contributed by atoms with Gasteiger partial charge < -0.3 is 10.2 Å². The third-order valence-corrected chi connectivity index (χ3v) is 10.7. The van der Waals surface area contributed by atoms with E-state index < -0.39 is 28.5 Å². The molecule has 0 spiro atoms. The highest BCUT2D eigenvalue weighted by molar-refractivity contribution is 9.10. The van der Waals surface area contributed by atoms with Crippen LogP contribution in [0.15, 0.2) is 119 Å². The Morgan fingerprint density at radius 3 is 2.15 bits per heavy atom. The smallest absolute Gasteiger partial charge is 0.264 e. The molecule has 240 valence electrons. The predicted molar refractivity (Wildman–Crippen MR) is 186 cm³/mol. The van der Waals surface area contributed by atoms with Crippen molar-refractivity contribution in [2.75, 3.05) is 10.8 Å². The number of anilines is 1. The highest BCUT2D eigenvalue weighted by atomic mass is 79.9. The molecule has 0 saturated heterocycles. The predicted octanol–water partition coefficient (Wildman–Crippen LogP) is 6.91. The van der Waals surface area contributed by atoms with Gasteiger partial charge in [0.15, 0.2) is 0 Å². The first-order chi connectivity index (χ1) is 22.3. The van der Waals surface area contributed by atoms with Gasteiger partial charge in [0.2, 0.25) is 11.8 Å². The topological polar surface area (TPSA) is 86.8 Å². The quantitative estimate of drug-likeness (QED) is 0.164. The zero-order valence-corrected chi connectivity index (χ0v) is 28.4. The van der Waals surface area contributed by atoms with Crippen molar-refractivity contribution in [2.45, 2.75) is 69.0 Å². The van der Waals surface area contributed by atoms with Crippen LogP contribution in [-0.2, 0) is 39.0 Å². The van der Waals surface area contributed by atoms with Crippen LogP contribution in [0.2, 0.25) is 0 Å². The standard InChI is InChI=1S/C37H40BrN3O4S/c1-2-30-17-9-12-23-34(30)41(46(44,45)33-21-7-4-8-22-33)27-36(42)40(26-29-16-13-18-31(38)24-29)35(25-28-14-5-3-6-15-28)37(43)39-32-19-10-11-20-32/h3-9,12-18,21-24,32,35H,2,10-11,19-20,25-27H2,1H3,(H,39,43)/t35-/m0/s1. The van der Waals surface area contributed by atoms with E-state index in [4.69, 9.17) is 0 Å². The molecule has 0 heterocycles. The van der Waals surface area contributed by atoms with Crippen molar-refractivity contribution in [3.05, 3.63) is 130 Å². The van der Waals surface area contributed by atoms with E-state index in [1.165, 1.54) is 16.4 Å². The fourth-order valence-electron chi connectivity index (χ4n) is 6.04. The zero-order chi connectivity index (χ0) is 32.5. The molecule has 4 aromatic carbocycles. The SMILES string of the molecule is CCc1ccccc1N(CC(=O)N(Cc1cccc(Br)c1)[C@@H](Cc1ccccc1)C(=O)NC1CCCC1)S(=O)(=O)c1ccccc1. The van der Waals surface area contributed by atoms with Crippen LogP contribution in [0, 0.1) is 0 Å². The first kappa shape index (κ1) is 33.4. The largest absolute Gasteiger partial charge is 0.352 e. The summed E-state index contributed by atoms with van der Waals surface area (Å²) in [6.45, 7) is 1.61. The molecule has 1 aliphatic rings. The van der Waals surface area contributed by atoms with E-state index in [2.05, 4.69) is 21.2 Å². The Kier molecular flexibility index (Phi) is 11.3. The molecule has 1 aliphatic carbocycles. The molecule has 0 bridgehead atoms. The second-order valence-electron chi connectivity index (χ2n) is 11.7. The van der Waals surface area contributed by atoms with Gasteiger partial charge >= 0.3 is 0 Å². The first-order valence-corrected chi connectivity index (χ1v) is 18.0. The van der Waals surface area contributed by atoms with Crippen LogP contribution in [0.4, 0.5) is 5.69 Å². The number of nitrogens with zero attached hydrogens (tertiary/aromatic N) is 2. The van der Waals surface area contributed by atoms with Gasteiger partial charge in [-0.05, 0) is 66.3 Å². The number of hydrogen-bond acceptors (Lipinski definition) is 4. The molecule has 0 aromatic heterocycles. The lowest BCUT2D eigenvalue weighted by molar-refractivity contribution is -0.140. The summed E-state index contributed by atoms with van der Waals surface area (Å²) in [5.74, 6) is -0.696. The number of benzene rings is 4. The molecule has 0 unspecified atom stereocenters. The van der Waals surface area contributed by atoms with Crippen molar-refractivity contribution in [1.82, 2.24) is 10.2 Å². The molecule has 1 fully saturated rings. The summed E-state index contributed by atoms with van der Waals surface area (Å²) in [5.41, 5.74) is 2.97. The van der Waals surface area contributed by atoms with Crippen molar-refractivity contribution < 1.29 is 18.0 Å². The highest BCUT2D eigenvalue weighted by Crippen LogP contribution is 2.29. The van der Waals surface area contributed by atoms with Crippen molar-refractivity contribution in [3.63, 3.8) is 0 Å². The third-order valence-electron chi connectivity index (χ3n) is 8.47. The van der Waals surface area contributed by atoms with Crippen molar-refractivity contribution in [1.29, 1.82) is 0 Å². The van der Waals surface area contributed by atoms with E-state index in [0.717, 1.165) is 46.8 Å². The zero-order valence-electron chi connectivity index (χ0n) is 26.0. The Bertz CT molecular complexity index is 1730. The molecule has 4 aromatic rings. The Labute approximate surface area is 280 Å². The van der Waals surface area contributed by atoms with Crippen molar-refractivity contribution in [2.24, 2.45) is 0 Å². The van der Waals surface area contributed by atoms with Gasteiger partial charge in [-0.2, -0.15) is 0 Å². The average Bonchev–Trinajstić information content (AvgIpc) is 3.59. The fourth-order valence-corrected chi connectivity index (χ4v) is 7.96. The van der Waals surface area contributed by atoms with Crippen LogP contribution in [0.3, 0.4) is 0 Å². The van der Waals surface area contributed by atoms with E-state index in [1.54, 1.807) is 35.2 Å². The van der Waals surface area contributed by atoms with E-state index in [9.17, 15) is 18.0 Å². The van der Waals surface area contributed by atoms with Crippen LogP contribution < -0.4 is 9.62 Å². The molecule has 0 radical (unpaired) electrons. The number of amides is 2. The summed E-state index contributed by atoms with van der Waals surface area (Å²) in [5, 5.41) is 3.22. The number of nitrogens with one attached hydrogen (secondary N) is 1. The number of carbonyl (C=O) groups excluding carboxylic acids is 2. The van der Waals surface area contributed by atoms with Gasteiger partial charge in [-0.25, -0.2) is 8.42 Å². The number of para-hydroxylation sites is 1. The van der Waals surface area contributed by atoms with Crippen LogP contribution >= 0.6 is 15.9 Å². The van der Waals surface area contributed by atoms with Crippen molar-refractivity contribution in [3.8, 4) is 0 Å². The van der Waals surface area contributed by atoms with Crippen LogP contribution in [-0.4, -0.2) is 43.8 Å². The van der Waals surface area contributed by atoms with E-state index >= 15 is 0 Å². The Morgan fingerprint density at radius 2 is 1.48 bits per heavy atom. The minimum absolute atomic E-state index is 0.0555. The maximum atomic E-state index is 14.7. The average molecular weight is 703 g/mol. The molecule has 1 atom stereocenters. The molecular weight excluding hydrogens is 662 g/mol. The Balaban J connectivity index is 1.58. The summed E-state index contributed by atoms with van der Waals surface area (Å²) in [6, 6.07) is 31.9. The summed E-state index contributed by atoms with van der Waals surface area (Å²) in [4.78, 5) is 30.5. The van der Waals surface area contributed by atoms with Gasteiger partial charge in [-0.3, -0.25) is 13.9 Å². The van der Waals surface area contributed by atoms with Gasteiger partial charge in [0.1, 0.15) is 12.6 Å². The number of sulfonamides is 1. The van der Waals surface area contributed by atoms with Gasteiger partial charge in [0.05, 0.1) is 10.6 Å². The summed E-state index contributed by atoms with van der Waals surface area (Å²) >= 11 is 3.54. The van der Waals surface area contributed by atoms with Gasteiger partial charge in [-0.15, -0.1) is 0 Å². The van der Waals surface area contributed by atoms with Gasteiger partial charge in [0, 0.05) is 23.5 Å². The normalized spacial score (nSPS) is 14.0.